The van der Waals surface area contributed by atoms with Crippen molar-refractivity contribution in [1.29, 1.82) is 0 Å². The minimum Gasteiger partial charge on any atom is -0.376 e. The fraction of sp³-hybridized carbons (Fsp3) is 0.318. The maximum Gasteiger partial charge on any atom is 0.254 e. The van der Waals surface area contributed by atoms with E-state index in [1.54, 1.807) is 12.4 Å². The van der Waals surface area contributed by atoms with Crippen LogP contribution in [0.3, 0.4) is 0 Å². The van der Waals surface area contributed by atoms with Crippen LogP contribution in [-0.4, -0.2) is 44.6 Å². The first kappa shape index (κ1) is 18.4. The number of benzene rings is 1. The normalized spacial score (nSPS) is 16.2. The summed E-state index contributed by atoms with van der Waals surface area (Å²) in [6, 6.07) is 13.4. The summed E-state index contributed by atoms with van der Waals surface area (Å²) in [5, 5.41) is 0. The molecule has 1 fully saturated rings. The first-order valence-electron chi connectivity index (χ1n) is 9.59. The molecule has 1 unspecified atom stereocenters. The van der Waals surface area contributed by atoms with Crippen LogP contribution in [0.5, 0.6) is 0 Å². The Morgan fingerprint density at radius 1 is 1.21 bits per heavy atom. The third-order valence-electron chi connectivity index (χ3n) is 5.00. The Labute approximate surface area is 164 Å². The van der Waals surface area contributed by atoms with Gasteiger partial charge >= 0.3 is 0 Å². The summed E-state index contributed by atoms with van der Waals surface area (Å²) in [5.41, 5.74) is 2.44. The Bertz CT molecular complexity index is 932. The van der Waals surface area contributed by atoms with Gasteiger partial charge in [0.25, 0.3) is 5.91 Å². The molecule has 6 heteroatoms. The number of imidazole rings is 1. The number of hydrogen-bond acceptors (Lipinski definition) is 4. The van der Waals surface area contributed by atoms with Gasteiger partial charge in [0.1, 0.15) is 5.82 Å². The number of rotatable bonds is 6. The fourth-order valence-electron chi connectivity index (χ4n) is 3.56. The van der Waals surface area contributed by atoms with E-state index in [9.17, 15) is 4.79 Å². The lowest BCUT2D eigenvalue weighted by atomic mass is 10.1. The number of aromatic nitrogens is 3. The molecule has 2 aromatic heterocycles. The second kappa shape index (κ2) is 8.35. The highest BCUT2D eigenvalue weighted by Gasteiger charge is 2.24. The predicted molar refractivity (Wildman–Crippen MR) is 107 cm³/mol. The topological polar surface area (TPSA) is 60.2 Å². The number of pyridine rings is 1. The molecule has 4 rings (SSSR count). The predicted octanol–water partition coefficient (Wildman–Crippen LogP) is 3.30. The second-order valence-electron chi connectivity index (χ2n) is 7.08. The molecule has 0 aliphatic carbocycles. The van der Waals surface area contributed by atoms with E-state index in [0.717, 1.165) is 36.5 Å². The molecule has 0 bridgehead atoms. The van der Waals surface area contributed by atoms with Gasteiger partial charge in [0.05, 0.1) is 18.3 Å². The number of nitrogens with zero attached hydrogens (tertiary/aromatic N) is 4. The highest BCUT2D eigenvalue weighted by atomic mass is 16.5. The minimum atomic E-state index is -0.0165. The van der Waals surface area contributed by atoms with Gasteiger partial charge in [-0.25, -0.2) is 4.98 Å². The van der Waals surface area contributed by atoms with Crippen molar-refractivity contribution in [3.63, 3.8) is 0 Å². The summed E-state index contributed by atoms with van der Waals surface area (Å²) in [6.45, 7) is 1.80. The molecule has 1 aliphatic heterocycles. The second-order valence-corrected chi connectivity index (χ2v) is 7.08. The molecule has 1 aliphatic rings. The van der Waals surface area contributed by atoms with Gasteiger partial charge in [0.15, 0.2) is 0 Å². The van der Waals surface area contributed by atoms with Gasteiger partial charge in [-0.05, 0) is 37.1 Å². The van der Waals surface area contributed by atoms with Crippen LogP contribution in [0.1, 0.15) is 28.9 Å². The van der Waals surface area contributed by atoms with Gasteiger partial charge in [-0.3, -0.25) is 9.78 Å². The Morgan fingerprint density at radius 3 is 2.86 bits per heavy atom. The molecular weight excluding hydrogens is 352 g/mol. The first-order chi connectivity index (χ1) is 13.7. The van der Waals surface area contributed by atoms with Gasteiger partial charge < -0.3 is 14.2 Å². The van der Waals surface area contributed by atoms with E-state index in [1.165, 1.54) is 0 Å². The molecule has 6 nitrogen and oxygen atoms in total. The van der Waals surface area contributed by atoms with Gasteiger partial charge in [-0.1, -0.05) is 18.2 Å². The van der Waals surface area contributed by atoms with Crippen molar-refractivity contribution in [2.45, 2.75) is 25.5 Å². The van der Waals surface area contributed by atoms with Crippen molar-refractivity contribution >= 4 is 5.91 Å². The molecule has 1 atom stereocenters. The van der Waals surface area contributed by atoms with Crippen molar-refractivity contribution < 1.29 is 9.53 Å². The minimum absolute atomic E-state index is 0.0165. The third-order valence-corrected chi connectivity index (χ3v) is 5.00. The van der Waals surface area contributed by atoms with Crippen molar-refractivity contribution in [1.82, 2.24) is 19.4 Å². The van der Waals surface area contributed by atoms with Crippen molar-refractivity contribution in [3.8, 4) is 11.4 Å². The van der Waals surface area contributed by atoms with E-state index < -0.39 is 0 Å². The van der Waals surface area contributed by atoms with E-state index in [-0.39, 0.29) is 12.0 Å². The Kier molecular flexibility index (Phi) is 5.48. The van der Waals surface area contributed by atoms with Crippen LogP contribution in [0.4, 0.5) is 0 Å². The van der Waals surface area contributed by atoms with E-state index in [0.29, 0.717) is 18.7 Å². The number of hydrogen-bond donors (Lipinski definition) is 0. The largest absolute Gasteiger partial charge is 0.376 e. The lowest BCUT2D eigenvalue weighted by Gasteiger charge is -2.25. The lowest BCUT2D eigenvalue weighted by molar-refractivity contribution is 0.0504. The van der Waals surface area contributed by atoms with Crippen molar-refractivity contribution in [2.24, 2.45) is 7.05 Å². The van der Waals surface area contributed by atoms with Crippen molar-refractivity contribution in [3.05, 3.63) is 72.3 Å². The van der Waals surface area contributed by atoms with Crippen LogP contribution < -0.4 is 0 Å². The van der Waals surface area contributed by atoms with Crippen molar-refractivity contribution in [2.75, 3.05) is 13.2 Å². The standard InChI is InChI=1S/C22H24N4O2/c1-25-12-11-24-21(25)17-6-4-7-18(14-17)22(27)26(16-20-9-5-13-28-20)15-19-8-2-3-10-23-19/h2-4,6-8,10-12,14,20H,5,9,13,15-16H2,1H3. The van der Waals surface area contributed by atoms with Gasteiger partial charge in [-0.2, -0.15) is 0 Å². The molecule has 1 amide bonds. The average Bonchev–Trinajstić information content (AvgIpc) is 3.39. The first-order valence-corrected chi connectivity index (χ1v) is 9.59. The molecule has 0 radical (unpaired) electrons. The summed E-state index contributed by atoms with van der Waals surface area (Å²) in [4.78, 5) is 24.0. The maximum absolute atomic E-state index is 13.4. The highest BCUT2D eigenvalue weighted by molar-refractivity contribution is 5.95. The third kappa shape index (κ3) is 4.12. The van der Waals surface area contributed by atoms with Crippen LogP contribution in [-0.2, 0) is 18.3 Å². The maximum atomic E-state index is 13.4. The average molecular weight is 376 g/mol. The summed E-state index contributed by atoms with van der Waals surface area (Å²) in [7, 11) is 1.95. The molecule has 28 heavy (non-hydrogen) atoms. The number of aryl methyl sites for hydroxylation is 1. The molecule has 3 heterocycles. The van der Waals surface area contributed by atoms with E-state index in [4.69, 9.17) is 4.74 Å². The van der Waals surface area contributed by atoms with E-state index in [2.05, 4.69) is 9.97 Å². The molecule has 1 saturated heterocycles. The Morgan fingerprint density at radius 2 is 2.14 bits per heavy atom. The van der Waals surface area contributed by atoms with Crippen LogP contribution in [0, 0.1) is 0 Å². The zero-order valence-corrected chi connectivity index (χ0v) is 16.0. The molecule has 3 aromatic rings. The van der Waals surface area contributed by atoms with Crippen LogP contribution in [0.15, 0.2) is 61.1 Å². The number of ether oxygens (including phenoxy) is 1. The number of carbonyl (C=O) groups excluding carboxylic acids is 1. The summed E-state index contributed by atoms with van der Waals surface area (Å²) >= 11 is 0. The van der Waals surface area contributed by atoms with Gasteiger partial charge in [0.2, 0.25) is 0 Å². The molecule has 0 saturated carbocycles. The van der Waals surface area contributed by atoms with Crippen LogP contribution in [0.2, 0.25) is 0 Å². The summed E-state index contributed by atoms with van der Waals surface area (Å²) in [6.07, 6.45) is 7.53. The fourth-order valence-corrected chi connectivity index (χ4v) is 3.56. The lowest BCUT2D eigenvalue weighted by Crippen LogP contribution is -2.37. The van der Waals surface area contributed by atoms with E-state index in [1.807, 2.05) is 65.2 Å². The summed E-state index contributed by atoms with van der Waals surface area (Å²) < 4.78 is 7.72. The molecule has 0 spiro atoms. The zero-order chi connectivity index (χ0) is 19.3. The molecule has 1 aromatic carbocycles. The SMILES string of the molecule is Cn1ccnc1-c1cccc(C(=O)N(Cc2ccccn2)CC2CCCO2)c1. The van der Waals surface area contributed by atoms with Gasteiger partial charge in [-0.15, -0.1) is 0 Å². The Balaban J connectivity index is 1.60. The molecule has 0 N–H and O–H groups in total. The van der Waals surface area contributed by atoms with Crippen LogP contribution in [0.25, 0.3) is 11.4 Å². The Hall–Kier alpha value is -2.99. The molecule has 144 valence electrons. The summed E-state index contributed by atoms with van der Waals surface area (Å²) in [5.74, 6) is 0.822. The molecular formula is C22H24N4O2. The smallest absolute Gasteiger partial charge is 0.254 e. The quantitative estimate of drug-likeness (QED) is 0.662. The zero-order valence-electron chi connectivity index (χ0n) is 16.0. The van der Waals surface area contributed by atoms with E-state index >= 15 is 0 Å². The van der Waals surface area contributed by atoms with Crippen LogP contribution >= 0.6 is 0 Å². The highest BCUT2D eigenvalue weighted by Crippen LogP contribution is 2.21. The number of carbonyl (C=O) groups is 1. The number of amides is 1. The monoisotopic (exact) mass is 376 g/mol. The van der Waals surface area contributed by atoms with Gasteiger partial charge in [0, 0.05) is 49.9 Å².